The minimum Gasteiger partial charge on any atom is -0.396 e. The van der Waals surface area contributed by atoms with Crippen molar-refractivity contribution in [3.05, 3.63) is 60.2 Å². The van der Waals surface area contributed by atoms with Crippen LogP contribution in [0.15, 0.2) is 54.6 Å². The molecule has 4 heterocycles. The normalized spacial score (nSPS) is 33.5. The van der Waals surface area contributed by atoms with Crippen LogP contribution in [0.5, 0.6) is 0 Å². The number of aliphatic hydroxyl groups is 1. The van der Waals surface area contributed by atoms with E-state index >= 15 is 0 Å². The number of likely N-dealkylation sites (N-methyl/N-ethyl adjacent to an activating group) is 1. The van der Waals surface area contributed by atoms with Crippen LogP contribution >= 0.6 is 11.8 Å². The molecule has 0 saturated carbocycles. The number of carbonyl (C=O) groups is 3. The van der Waals surface area contributed by atoms with Crippen LogP contribution in [-0.2, 0) is 20.9 Å². The van der Waals surface area contributed by atoms with Gasteiger partial charge in [0.25, 0.3) is 0 Å². The zero-order valence-corrected chi connectivity index (χ0v) is 21.8. The van der Waals surface area contributed by atoms with Crippen molar-refractivity contribution in [2.45, 2.75) is 48.3 Å². The van der Waals surface area contributed by atoms with Crippen molar-refractivity contribution < 1.29 is 19.5 Å². The molecule has 2 fully saturated rings. The van der Waals surface area contributed by atoms with E-state index in [1.54, 1.807) is 28.6 Å². The van der Waals surface area contributed by atoms with Crippen LogP contribution in [0.1, 0.15) is 31.7 Å². The van der Waals surface area contributed by atoms with E-state index in [0.29, 0.717) is 39.0 Å². The van der Waals surface area contributed by atoms with Crippen molar-refractivity contribution in [1.29, 1.82) is 0 Å². The highest BCUT2D eigenvalue weighted by Crippen LogP contribution is 2.65. The lowest BCUT2D eigenvalue weighted by Crippen LogP contribution is -2.53. The molecule has 7 nitrogen and oxygen atoms in total. The number of likely N-dealkylation sites (tertiary alicyclic amines) is 1. The summed E-state index contributed by atoms with van der Waals surface area (Å²) in [6.07, 6.45) is 10.3. The first-order valence-electron chi connectivity index (χ1n) is 12.9. The van der Waals surface area contributed by atoms with Gasteiger partial charge in [0.1, 0.15) is 6.04 Å². The van der Waals surface area contributed by atoms with Crippen molar-refractivity contribution >= 4 is 29.5 Å². The van der Waals surface area contributed by atoms with Crippen LogP contribution in [0, 0.1) is 11.8 Å². The summed E-state index contributed by atoms with van der Waals surface area (Å²) in [7, 11) is 1.79. The van der Waals surface area contributed by atoms with E-state index in [-0.39, 0.29) is 24.3 Å². The van der Waals surface area contributed by atoms with Crippen molar-refractivity contribution in [2.75, 3.05) is 33.3 Å². The van der Waals surface area contributed by atoms with E-state index in [4.69, 9.17) is 0 Å². The molecule has 3 amide bonds. The number of aliphatic hydroxyl groups excluding tert-OH is 1. The third-order valence-corrected chi connectivity index (χ3v) is 9.91. The predicted octanol–water partition coefficient (Wildman–Crippen LogP) is 2.46. The summed E-state index contributed by atoms with van der Waals surface area (Å²) in [6.45, 7) is 4.07. The second kappa shape index (κ2) is 9.71. The fourth-order valence-electron chi connectivity index (χ4n) is 6.45. The van der Waals surface area contributed by atoms with Crippen LogP contribution in [-0.4, -0.2) is 86.4 Å². The second-order valence-electron chi connectivity index (χ2n) is 10.5. The van der Waals surface area contributed by atoms with Gasteiger partial charge < -0.3 is 19.8 Å². The molecule has 1 aromatic rings. The fraction of sp³-hybridized carbons (Fsp3) is 0.536. The number of carbonyl (C=O) groups excluding carboxylic acids is 3. The van der Waals surface area contributed by atoms with Gasteiger partial charge in [0.15, 0.2) is 0 Å². The van der Waals surface area contributed by atoms with E-state index in [1.165, 1.54) is 0 Å². The fourth-order valence-corrected chi connectivity index (χ4v) is 8.60. The Morgan fingerprint density at radius 2 is 1.69 bits per heavy atom. The smallest absolute Gasteiger partial charge is 0.247 e. The minimum atomic E-state index is -0.797. The molecule has 0 aromatic heterocycles. The molecule has 5 atom stereocenters. The number of nitrogens with zero attached hydrogens (tertiary/aromatic N) is 3. The van der Waals surface area contributed by atoms with Crippen molar-refractivity contribution in [2.24, 2.45) is 11.8 Å². The summed E-state index contributed by atoms with van der Waals surface area (Å²) in [5.41, 5.74) is 1.04. The molecule has 5 rings (SSSR count). The van der Waals surface area contributed by atoms with Crippen LogP contribution < -0.4 is 0 Å². The first kappa shape index (κ1) is 25.1. The first-order chi connectivity index (χ1) is 17.3. The quantitative estimate of drug-likeness (QED) is 0.451. The van der Waals surface area contributed by atoms with E-state index in [1.807, 2.05) is 54.3 Å². The number of amides is 3. The Morgan fingerprint density at radius 3 is 2.44 bits per heavy atom. The topological polar surface area (TPSA) is 81.2 Å². The van der Waals surface area contributed by atoms with Gasteiger partial charge in [-0.05, 0) is 31.7 Å². The van der Waals surface area contributed by atoms with Gasteiger partial charge in [-0.3, -0.25) is 14.4 Å². The average Bonchev–Trinajstić information content (AvgIpc) is 3.14. The Morgan fingerprint density at radius 1 is 0.944 bits per heavy atom. The number of hydrogen-bond acceptors (Lipinski definition) is 5. The Bertz CT molecular complexity index is 1090. The van der Waals surface area contributed by atoms with Gasteiger partial charge in [-0.1, -0.05) is 54.6 Å². The lowest BCUT2D eigenvalue weighted by Gasteiger charge is -2.37. The van der Waals surface area contributed by atoms with Crippen LogP contribution in [0.25, 0.3) is 0 Å². The average molecular weight is 510 g/mol. The molecule has 1 aromatic carbocycles. The number of hydrogen-bond donors (Lipinski definition) is 1. The highest BCUT2D eigenvalue weighted by atomic mass is 32.2. The molecule has 4 aliphatic rings. The van der Waals surface area contributed by atoms with Gasteiger partial charge in [-0.2, -0.15) is 0 Å². The maximum absolute atomic E-state index is 14.3. The standard InChI is InChI=1S/C28H35N3O4S/c1-27-13-9-15-29(2)24(33)21(27)22-25(34)31(17-7-4-8-18-32)23-26(35)30(16-10-14-28(22,23)36-27)19-20-11-5-3-6-12-20/h3,5-6,9-14,21-23,32H,4,7-8,15-19H2,1-2H3/t21-,22+,23?,27+,28+/m1/s1. The summed E-state index contributed by atoms with van der Waals surface area (Å²) < 4.78 is -1.36. The van der Waals surface area contributed by atoms with E-state index in [2.05, 4.69) is 12.2 Å². The summed E-state index contributed by atoms with van der Waals surface area (Å²) in [4.78, 5) is 47.3. The molecule has 0 aliphatic carbocycles. The molecule has 1 unspecified atom stereocenters. The number of fused-ring (bicyclic) bond motifs is 2. The highest BCUT2D eigenvalue weighted by molar-refractivity contribution is 8.02. The van der Waals surface area contributed by atoms with Crippen LogP contribution in [0.4, 0.5) is 0 Å². The lowest BCUT2D eigenvalue weighted by molar-refractivity contribution is -0.144. The Balaban J connectivity index is 1.55. The Kier molecular flexibility index (Phi) is 6.76. The maximum atomic E-state index is 14.3. The number of unbranched alkanes of at least 4 members (excludes halogenated alkanes) is 2. The molecule has 8 heteroatoms. The van der Waals surface area contributed by atoms with Gasteiger partial charge in [0.05, 0.1) is 16.6 Å². The van der Waals surface area contributed by atoms with Crippen molar-refractivity contribution in [3.8, 4) is 0 Å². The molecule has 192 valence electrons. The highest BCUT2D eigenvalue weighted by Gasteiger charge is 2.73. The Labute approximate surface area is 217 Å². The lowest BCUT2D eigenvalue weighted by atomic mass is 9.74. The number of thioether (sulfide) groups is 1. The number of benzene rings is 1. The third kappa shape index (κ3) is 3.98. The van der Waals surface area contributed by atoms with Crippen LogP contribution in [0.3, 0.4) is 0 Å². The monoisotopic (exact) mass is 509 g/mol. The second-order valence-corrected chi connectivity index (χ2v) is 12.3. The molecule has 1 spiro atoms. The molecule has 4 aliphatic heterocycles. The van der Waals surface area contributed by atoms with Gasteiger partial charge in [-0.25, -0.2) is 0 Å². The zero-order chi connectivity index (χ0) is 25.5. The van der Waals surface area contributed by atoms with Crippen molar-refractivity contribution in [3.63, 3.8) is 0 Å². The van der Waals surface area contributed by atoms with Gasteiger partial charge in [-0.15, -0.1) is 11.8 Å². The Hall–Kier alpha value is -2.58. The van der Waals surface area contributed by atoms with Gasteiger partial charge in [0.2, 0.25) is 17.7 Å². The number of rotatable bonds is 7. The predicted molar refractivity (Wildman–Crippen MR) is 140 cm³/mol. The van der Waals surface area contributed by atoms with E-state index in [9.17, 15) is 19.5 Å². The SMILES string of the molecule is CN1CC=C[C@]2(C)S[C@]34C=CCN(Cc5ccccc5)C(=O)C3N(CCCCCO)C(=O)[C@@H]4[C@@H]2C1=O. The zero-order valence-electron chi connectivity index (χ0n) is 21.0. The van der Waals surface area contributed by atoms with Gasteiger partial charge in [0, 0.05) is 44.6 Å². The van der Waals surface area contributed by atoms with E-state index in [0.717, 1.165) is 12.0 Å². The summed E-state index contributed by atoms with van der Waals surface area (Å²) in [6, 6.07) is 9.25. The van der Waals surface area contributed by atoms with E-state index < -0.39 is 27.4 Å². The first-order valence-corrected chi connectivity index (χ1v) is 13.7. The summed E-state index contributed by atoms with van der Waals surface area (Å²) >= 11 is 1.62. The van der Waals surface area contributed by atoms with Gasteiger partial charge >= 0.3 is 0 Å². The largest absolute Gasteiger partial charge is 0.396 e. The summed E-state index contributed by atoms with van der Waals surface area (Å²) in [5.74, 6) is -1.30. The molecular formula is C28H35N3O4S. The molecular weight excluding hydrogens is 474 g/mol. The van der Waals surface area contributed by atoms with Crippen molar-refractivity contribution in [1.82, 2.24) is 14.7 Å². The molecule has 36 heavy (non-hydrogen) atoms. The molecule has 2 saturated heterocycles. The third-order valence-electron chi connectivity index (χ3n) is 8.12. The summed E-state index contributed by atoms with van der Waals surface area (Å²) in [5, 5.41) is 9.22. The minimum absolute atomic E-state index is 0.0302. The van der Waals surface area contributed by atoms with Crippen LogP contribution in [0.2, 0.25) is 0 Å². The molecule has 0 radical (unpaired) electrons. The molecule has 0 bridgehead atoms. The maximum Gasteiger partial charge on any atom is 0.247 e. The molecule has 1 N–H and O–H groups in total.